The lowest BCUT2D eigenvalue weighted by atomic mass is 10.1. The molecule has 0 N–H and O–H groups in total. The van der Waals surface area contributed by atoms with Crippen LogP contribution >= 0.6 is 0 Å². The van der Waals surface area contributed by atoms with Crippen molar-refractivity contribution in [3.63, 3.8) is 0 Å². The summed E-state index contributed by atoms with van der Waals surface area (Å²) in [6.45, 7) is 1.99. The number of benzene rings is 1. The number of aldehydes is 1. The molecule has 0 saturated heterocycles. The number of allylic oxidation sites excluding steroid dienone is 2. The Balaban J connectivity index is 2.79. The molecule has 0 unspecified atom stereocenters. The monoisotopic (exact) mass is 160 g/mol. The standard InChI is InChI=1S/C11H12O/c1-2-3-5-10-6-4-7-11(8-10)9-12/h2-4,6-9H,5H2,1H3. The molecule has 0 fully saturated rings. The molecule has 1 heteroatoms. The summed E-state index contributed by atoms with van der Waals surface area (Å²) in [5, 5.41) is 0. The van der Waals surface area contributed by atoms with Crippen molar-refractivity contribution in [1.82, 2.24) is 0 Å². The van der Waals surface area contributed by atoms with Crippen LogP contribution in [0.1, 0.15) is 22.8 Å². The van der Waals surface area contributed by atoms with Gasteiger partial charge < -0.3 is 0 Å². The first-order chi connectivity index (χ1) is 5.86. The van der Waals surface area contributed by atoms with Gasteiger partial charge >= 0.3 is 0 Å². The van der Waals surface area contributed by atoms with Gasteiger partial charge in [-0.1, -0.05) is 30.4 Å². The van der Waals surface area contributed by atoms with Crippen molar-refractivity contribution in [1.29, 1.82) is 0 Å². The van der Waals surface area contributed by atoms with E-state index in [1.165, 1.54) is 5.56 Å². The zero-order chi connectivity index (χ0) is 8.81. The van der Waals surface area contributed by atoms with Gasteiger partial charge in [-0.05, 0) is 25.0 Å². The first-order valence-corrected chi connectivity index (χ1v) is 4.02. The lowest BCUT2D eigenvalue weighted by Gasteiger charge is -1.96. The minimum Gasteiger partial charge on any atom is -0.298 e. The van der Waals surface area contributed by atoms with Crippen LogP contribution in [0.4, 0.5) is 0 Å². The Labute approximate surface area is 72.7 Å². The molecule has 0 saturated carbocycles. The Hall–Kier alpha value is -1.37. The van der Waals surface area contributed by atoms with Crippen molar-refractivity contribution in [2.24, 2.45) is 0 Å². The van der Waals surface area contributed by atoms with Gasteiger partial charge in [0, 0.05) is 5.56 Å². The van der Waals surface area contributed by atoms with Crippen LogP contribution in [0.3, 0.4) is 0 Å². The van der Waals surface area contributed by atoms with E-state index in [0.717, 1.165) is 18.3 Å². The molecule has 0 radical (unpaired) electrons. The van der Waals surface area contributed by atoms with Crippen LogP contribution in [-0.2, 0) is 6.42 Å². The zero-order valence-corrected chi connectivity index (χ0v) is 7.16. The van der Waals surface area contributed by atoms with Crippen LogP contribution in [0.25, 0.3) is 0 Å². The summed E-state index contributed by atoms with van der Waals surface area (Å²) in [5.41, 5.74) is 1.93. The Morgan fingerprint density at radius 3 is 2.92 bits per heavy atom. The molecule has 0 spiro atoms. The third-order valence-electron chi connectivity index (χ3n) is 1.68. The summed E-state index contributed by atoms with van der Waals surface area (Å²) in [6.07, 6.45) is 5.86. The second-order valence-corrected chi connectivity index (χ2v) is 2.64. The molecule has 0 bridgehead atoms. The third kappa shape index (κ3) is 2.35. The molecule has 0 aromatic heterocycles. The molecule has 1 nitrogen and oxygen atoms in total. The molecule has 0 amide bonds. The maximum absolute atomic E-state index is 10.4. The van der Waals surface area contributed by atoms with E-state index in [1.807, 2.05) is 37.3 Å². The van der Waals surface area contributed by atoms with Crippen molar-refractivity contribution < 1.29 is 4.79 Å². The predicted octanol–water partition coefficient (Wildman–Crippen LogP) is 2.62. The smallest absolute Gasteiger partial charge is 0.150 e. The van der Waals surface area contributed by atoms with Gasteiger partial charge in [-0.3, -0.25) is 4.79 Å². The van der Waals surface area contributed by atoms with E-state index < -0.39 is 0 Å². The number of rotatable bonds is 3. The van der Waals surface area contributed by atoms with E-state index in [2.05, 4.69) is 6.08 Å². The molecular formula is C11H12O. The molecule has 1 aromatic carbocycles. The van der Waals surface area contributed by atoms with Gasteiger partial charge in [0.1, 0.15) is 6.29 Å². The highest BCUT2D eigenvalue weighted by molar-refractivity contribution is 5.74. The molecule has 1 aromatic rings. The van der Waals surface area contributed by atoms with Crippen molar-refractivity contribution in [2.75, 3.05) is 0 Å². The van der Waals surface area contributed by atoms with Gasteiger partial charge in [0.2, 0.25) is 0 Å². The Morgan fingerprint density at radius 1 is 1.42 bits per heavy atom. The SMILES string of the molecule is CC=CCc1cccc(C=O)c1. The summed E-state index contributed by atoms with van der Waals surface area (Å²) in [4.78, 5) is 10.4. The predicted molar refractivity (Wildman–Crippen MR) is 50.3 cm³/mol. The van der Waals surface area contributed by atoms with Crippen LogP contribution in [0.5, 0.6) is 0 Å². The lowest BCUT2D eigenvalue weighted by molar-refractivity contribution is 0.112. The van der Waals surface area contributed by atoms with Crippen molar-refractivity contribution in [3.05, 3.63) is 47.5 Å². The van der Waals surface area contributed by atoms with Gasteiger partial charge in [-0.15, -0.1) is 0 Å². The minimum absolute atomic E-state index is 0.747. The van der Waals surface area contributed by atoms with Crippen molar-refractivity contribution in [2.45, 2.75) is 13.3 Å². The Bertz CT molecular complexity index is 287. The van der Waals surface area contributed by atoms with Gasteiger partial charge in [-0.2, -0.15) is 0 Å². The van der Waals surface area contributed by atoms with Crippen LogP contribution in [0.2, 0.25) is 0 Å². The summed E-state index contributed by atoms with van der Waals surface area (Å²) < 4.78 is 0. The molecule has 0 aliphatic heterocycles. The van der Waals surface area contributed by atoms with Gasteiger partial charge in [0.05, 0.1) is 0 Å². The lowest BCUT2D eigenvalue weighted by Crippen LogP contribution is -1.84. The largest absolute Gasteiger partial charge is 0.298 e. The van der Waals surface area contributed by atoms with E-state index in [9.17, 15) is 4.79 Å². The highest BCUT2D eigenvalue weighted by atomic mass is 16.1. The summed E-state index contributed by atoms with van der Waals surface area (Å²) >= 11 is 0. The summed E-state index contributed by atoms with van der Waals surface area (Å²) in [7, 11) is 0. The molecule has 0 aliphatic carbocycles. The highest BCUT2D eigenvalue weighted by Crippen LogP contribution is 2.04. The molecule has 0 heterocycles. The van der Waals surface area contributed by atoms with Crippen LogP contribution in [-0.4, -0.2) is 6.29 Å². The van der Waals surface area contributed by atoms with E-state index in [0.29, 0.717) is 0 Å². The van der Waals surface area contributed by atoms with Crippen molar-refractivity contribution in [3.8, 4) is 0 Å². The minimum atomic E-state index is 0.747. The van der Waals surface area contributed by atoms with E-state index in [1.54, 1.807) is 0 Å². The molecule has 62 valence electrons. The highest BCUT2D eigenvalue weighted by Gasteiger charge is 1.91. The number of hydrogen-bond donors (Lipinski definition) is 0. The maximum Gasteiger partial charge on any atom is 0.150 e. The van der Waals surface area contributed by atoms with Crippen molar-refractivity contribution >= 4 is 6.29 Å². The first-order valence-electron chi connectivity index (χ1n) is 4.02. The quantitative estimate of drug-likeness (QED) is 0.490. The summed E-state index contributed by atoms with van der Waals surface area (Å²) in [6, 6.07) is 7.65. The van der Waals surface area contributed by atoms with E-state index in [-0.39, 0.29) is 0 Å². The first kappa shape index (κ1) is 8.72. The second-order valence-electron chi connectivity index (χ2n) is 2.64. The van der Waals surface area contributed by atoms with Gasteiger partial charge in [0.25, 0.3) is 0 Å². The van der Waals surface area contributed by atoms with E-state index in [4.69, 9.17) is 0 Å². The van der Waals surface area contributed by atoms with Crippen LogP contribution < -0.4 is 0 Å². The van der Waals surface area contributed by atoms with E-state index >= 15 is 0 Å². The van der Waals surface area contributed by atoms with Crippen LogP contribution in [0.15, 0.2) is 36.4 Å². The fourth-order valence-corrected chi connectivity index (χ4v) is 1.05. The average molecular weight is 160 g/mol. The van der Waals surface area contributed by atoms with Crippen LogP contribution in [0, 0.1) is 0 Å². The number of hydrogen-bond acceptors (Lipinski definition) is 1. The molecule has 12 heavy (non-hydrogen) atoms. The zero-order valence-electron chi connectivity index (χ0n) is 7.16. The summed E-state index contributed by atoms with van der Waals surface area (Å²) in [5.74, 6) is 0. The Morgan fingerprint density at radius 2 is 2.25 bits per heavy atom. The number of carbonyl (C=O) groups excluding carboxylic acids is 1. The molecule has 0 aliphatic rings. The molecule has 0 atom stereocenters. The van der Waals surface area contributed by atoms with Gasteiger partial charge in [0.15, 0.2) is 0 Å². The number of carbonyl (C=O) groups is 1. The maximum atomic E-state index is 10.4. The topological polar surface area (TPSA) is 17.1 Å². The fourth-order valence-electron chi connectivity index (χ4n) is 1.05. The van der Waals surface area contributed by atoms with Gasteiger partial charge in [-0.25, -0.2) is 0 Å². The molecular weight excluding hydrogens is 148 g/mol. The normalized spacial score (nSPS) is 10.4. The second kappa shape index (κ2) is 4.50. The average Bonchev–Trinajstić information content (AvgIpc) is 2.15. The Kier molecular flexibility index (Phi) is 3.27. The third-order valence-corrected chi connectivity index (χ3v) is 1.68. The molecule has 1 rings (SSSR count). The fraction of sp³-hybridized carbons (Fsp3) is 0.182.